The highest BCUT2D eigenvalue weighted by atomic mass is 16.4. The van der Waals surface area contributed by atoms with E-state index in [4.69, 9.17) is 10.9 Å². The molecule has 0 aromatic carbocycles. The highest BCUT2D eigenvalue weighted by molar-refractivity contribution is 5.93. The Morgan fingerprint density at radius 2 is 1.82 bits per heavy atom. The molecule has 1 amide bonds. The number of nitrogens with zero attached hydrogens (tertiary/aromatic N) is 1. The summed E-state index contributed by atoms with van der Waals surface area (Å²) in [5, 5.41) is 15.0. The molecule has 0 heterocycles. The highest BCUT2D eigenvalue weighted by Crippen LogP contribution is 2.26. The molecule has 1 rings (SSSR count). The quantitative estimate of drug-likeness (QED) is 0.304. The molecule has 0 atom stereocenters. The summed E-state index contributed by atoms with van der Waals surface area (Å²) in [7, 11) is 0. The molecule has 0 saturated heterocycles. The number of hydrogen-bond acceptors (Lipinski definition) is 3. The molecule has 0 bridgehead atoms. The van der Waals surface area contributed by atoms with Gasteiger partial charge in [0.15, 0.2) is 5.84 Å². The van der Waals surface area contributed by atoms with E-state index >= 15 is 0 Å². The fourth-order valence-electron chi connectivity index (χ4n) is 2.41. The molecular weight excluding hydrogens is 218 g/mol. The summed E-state index contributed by atoms with van der Waals surface area (Å²) in [6.45, 7) is 1.80. The van der Waals surface area contributed by atoms with E-state index in [1.54, 1.807) is 6.92 Å². The van der Waals surface area contributed by atoms with Gasteiger partial charge in [0.25, 0.3) is 0 Å². The van der Waals surface area contributed by atoms with Crippen molar-refractivity contribution in [3.8, 4) is 0 Å². The van der Waals surface area contributed by atoms with Crippen LogP contribution in [0.1, 0.15) is 58.3 Å². The third kappa shape index (κ3) is 3.61. The minimum Gasteiger partial charge on any atom is -0.409 e. The third-order valence-corrected chi connectivity index (χ3v) is 3.50. The molecule has 0 unspecified atom stereocenters. The number of oxime groups is 1. The first-order valence-corrected chi connectivity index (χ1v) is 6.43. The largest absolute Gasteiger partial charge is 0.409 e. The Kier molecular flexibility index (Phi) is 5.25. The van der Waals surface area contributed by atoms with Crippen LogP contribution in [0.3, 0.4) is 0 Å². The van der Waals surface area contributed by atoms with E-state index < -0.39 is 5.54 Å². The van der Waals surface area contributed by atoms with Crippen molar-refractivity contribution in [1.82, 2.24) is 5.32 Å². The average molecular weight is 241 g/mol. The molecule has 1 fully saturated rings. The molecule has 17 heavy (non-hydrogen) atoms. The number of nitrogens with two attached hydrogens (primary N) is 1. The fraction of sp³-hybridized carbons (Fsp3) is 0.833. The van der Waals surface area contributed by atoms with Gasteiger partial charge in [-0.2, -0.15) is 0 Å². The van der Waals surface area contributed by atoms with Crippen LogP contribution in [-0.2, 0) is 4.79 Å². The van der Waals surface area contributed by atoms with Crippen LogP contribution in [0.5, 0.6) is 0 Å². The van der Waals surface area contributed by atoms with Crippen molar-refractivity contribution < 1.29 is 10.0 Å². The Morgan fingerprint density at radius 1 is 1.29 bits per heavy atom. The minimum absolute atomic E-state index is 0.0443. The molecule has 0 aliphatic heterocycles. The van der Waals surface area contributed by atoms with Crippen molar-refractivity contribution in [2.45, 2.75) is 63.8 Å². The van der Waals surface area contributed by atoms with Crippen LogP contribution in [-0.4, -0.2) is 22.5 Å². The fourth-order valence-corrected chi connectivity index (χ4v) is 2.41. The second kappa shape index (κ2) is 6.47. The lowest BCUT2D eigenvalue weighted by molar-refractivity contribution is -0.122. The van der Waals surface area contributed by atoms with Crippen molar-refractivity contribution in [3.05, 3.63) is 0 Å². The maximum absolute atomic E-state index is 11.6. The molecule has 98 valence electrons. The summed E-state index contributed by atoms with van der Waals surface area (Å²) >= 11 is 0. The van der Waals surface area contributed by atoms with Crippen LogP contribution in [0.4, 0.5) is 0 Å². The Bertz CT molecular complexity index is 281. The van der Waals surface area contributed by atoms with E-state index in [-0.39, 0.29) is 11.7 Å². The minimum atomic E-state index is -0.637. The third-order valence-electron chi connectivity index (χ3n) is 3.50. The number of nitrogens with one attached hydrogen (secondary N) is 1. The van der Waals surface area contributed by atoms with Gasteiger partial charge in [0.1, 0.15) is 5.54 Å². The molecule has 1 saturated carbocycles. The van der Waals surface area contributed by atoms with Crippen LogP contribution in [0, 0.1) is 0 Å². The maximum Gasteiger partial charge on any atom is 0.220 e. The summed E-state index contributed by atoms with van der Waals surface area (Å²) < 4.78 is 0. The molecule has 0 spiro atoms. The monoisotopic (exact) mass is 241 g/mol. The lowest BCUT2D eigenvalue weighted by Crippen LogP contribution is -2.57. The number of amidine groups is 1. The molecule has 5 nitrogen and oxygen atoms in total. The van der Waals surface area contributed by atoms with Crippen molar-refractivity contribution in [3.63, 3.8) is 0 Å². The van der Waals surface area contributed by atoms with Crippen molar-refractivity contribution in [2.24, 2.45) is 10.9 Å². The first kappa shape index (κ1) is 13.8. The van der Waals surface area contributed by atoms with Gasteiger partial charge in [-0.15, -0.1) is 0 Å². The summed E-state index contributed by atoms with van der Waals surface area (Å²) in [5.41, 5.74) is 5.15. The van der Waals surface area contributed by atoms with Crippen LogP contribution < -0.4 is 11.1 Å². The van der Waals surface area contributed by atoms with Gasteiger partial charge in [-0.3, -0.25) is 4.79 Å². The van der Waals surface area contributed by atoms with Crippen LogP contribution in [0.2, 0.25) is 0 Å². The Balaban J connectivity index is 2.85. The van der Waals surface area contributed by atoms with E-state index in [2.05, 4.69) is 10.5 Å². The van der Waals surface area contributed by atoms with Crippen LogP contribution in [0.25, 0.3) is 0 Å². The second-order valence-electron chi connectivity index (χ2n) is 4.74. The number of amides is 1. The van der Waals surface area contributed by atoms with Crippen molar-refractivity contribution in [2.75, 3.05) is 0 Å². The Morgan fingerprint density at radius 3 is 2.29 bits per heavy atom. The topological polar surface area (TPSA) is 87.7 Å². The predicted molar refractivity (Wildman–Crippen MR) is 66.9 cm³/mol. The van der Waals surface area contributed by atoms with Crippen LogP contribution in [0.15, 0.2) is 5.16 Å². The zero-order valence-electron chi connectivity index (χ0n) is 10.5. The molecule has 1 aliphatic carbocycles. The van der Waals surface area contributed by atoms with Crippen molar-refractivity contribution in [1.29, 1.82) is 0 Å². The average Bonchev–Trinajstić information content (AvgIpc) is 2.31. The molecule has 4 N–H and O–H groups in total. The van der Waals surface area contributed by atoms with Gasteiger partial charge in [-0.1, -0.05) is 44.2 Å². The normalized spacial score (nSPS) is 21.4. The van der Waals surface area contributed by atoms with Gasteiger partial charge in [-0.05, 0) is 12.8 Å². The predicted octanol–water partition coefficient (Wildman–Crippen LogP) is 1.74. The first-order valence-electron chi connectivity index (χ1n) is 6.43. The number of hydrogen-bond donors (Lipinski definition) is 3. The van der Waals surface area contributed by atoms with Gasteiger partial charge >= 0.3 is 0 Å². The molecule has 0 radical (unpaired) electrons. The Labute approximate surface area is 102 Å². The standard InChI is InChI=1S/C12H23N3O2/c1-2-10(16)14-12(11(13)15-17)8-6-4-3-5-7-9-12/h17H,2-9H2,1H3,(H2,13,15)(H,14,16). The van der Waals surface area contributed by atoms with E-state index in [0.717, 1.165) is 38.5 Å². The molecule has 5 heteroatoms. The van der Waals surface area contributed by atoms with Crippen LogP contribution >= 0.6 is 0 Å². The summed E-state index contributed by atoms with van der Waals surface area (Å²) in [4.78, 5) is 11.6. The number of rotatable bonds is 3. The summed E-state index contributed by atoms with van der Waals surface area (Å²) in [6.07, 6.45) is 7.45. The Hall–Kier alpha value is -1.26. The lowest BCUT2D eigenvalue weighted by atomic mass is 9.82. The highest BCUT2D eigenvalue weighted by Gasteiger charge is 2.36. The molecule has 1 aliphatic rings. The van der Waals surface area contributed by atoms with Gasteiger partial charge < -0.3 is 16.3 Å². The van der Waals surface area contributed by atoms with Gasteiger partial charge in [0.05, 0.1) is 0 Å². The van der Waals surface area contributed by atoms with E-state index in [1.165, 1.54) is 6.42 Å². The van der Waals surface area contributed by atoms with Gasteiger partial charge in [-0.25, -0.2) is 0 Å². The van der Waals surface area contributed by atoms with E-state index in [9.17, 15) is 4.79 Å². The lowest BCUT2D eigenvalue weighted by Gasteiger charge is -2.35. The second-order valence-corrected chi connectivity index (χ2v) is 4.74. The SMILES string of the molecule is CCC(=O)NC1(/C(N)=N/O)CCCCCCC1. The van der Waals surface area contributed by atoms with E-state index in [1.807, 2.05) is 0 Å². The number of carbonyl (C=O) groups excluding carboxylic acids is 1. The smallest absolute Gasteiger partial charge is 0.220 e. The first-order chi connectivity index (χ1) is 8.14. The van der Waals surface area contributed by atoms with Gasteiger partial charge in [0.2, 0.25) is 5.91 Å². The van der Waals surface area contributed by atoms with Gasteiger partial charge in [0, 0.05) is 6.42 Å². The molecule has 0 aromatic rings. The summed E-state index contributed by atoms with van der Waals surface area (Å²) in [5.74, 6) is 0.0957. The summed E-state index contributed by atoms with van der Waals surface area (Å²) in [6, 6.07) is 0. The molecule has 0 aromatic heterocycles. The van der Waals surface area contributed by atoms with E-state index in [0.29, 0.717) is 6.42 Å². The maximum atomic E-state index is 11.6. The molecular formula is C12H23N3O2. The number of carbonyl (C=O) groups is 1. The van der Waals surface area contributed by atoms with Crippen molar-refractivity contribution >= 4 is 11.7 Å². The zero-order chi connectivity index (χ0) is 12.7. The zero-order valence-corrected chi connectivity index (χ0v) is 10.5.